The van der Waals surface area contributed by atoms with Gasteiger partial charge in [-0.2, -0.15) is 0 Å². The summed E-state index contributed by atoms with van der Waals surface area (Å²) in [6, 6.07) is 6.65. The Hall–Kier alpha value is -1.40. The molecule has 2 rings (SSSR count). The summed E-state index contributed by atoms with van der Waals surface area (Å²) in [5.74, 6) is -0.983. The van der Waals surface area contributed by atoms with E-state index >= 15 is 0 Å². The molecular formula is C13H15BrN2O3. The Morgan fingerprint density at radius 3 is 2.63 bits per heavy atom. The zero-order valence-corrected chi connectivity index (χ0v) is 11.8. The van der Waals surface area contributed by atoms with Gasteiger partial charge in [-0.15, -0.1) is 0 Å². The second-order valence-corrected chi connectivity index (χ2v) is 5.42. The molecule has 1 fully saturated rings. The minimum atomic E-state index is -0.892. The molecule has 0 bridgehead atoms. The molecule has 3 N–H and O–H groups in total. The highest BCUT2D eigenvalue weighted by molar-refractivity contribution is 9.10. The highest BCUT2D eigenvalue weighted by Gasteiger charge is 2.36. The SMILES string of the molecule is O=C(CNC(C(=O)O)C1CC1)Nc1ccccc1Br. The summed E-state index contributed by atoms with van der Waals surface area (Å²) < 4.78 is 0.792. The molecule has 1 unspecified atom stereocenters. The monoisotopic (exact) mass is 326 g/mol. The van der Waals surface area contributed by atoms with Gasteiger partial charge in [-0.1, -0.05) is 12.1 Å². The number of hydrogen-bond donors (Lipinski definition) is 3. The Morgan fingerprint density at radius 1 is 1.37 bits per heavy atom. The Bertz CT molecular complexity index is 489. The number of aliphatic carboxylic acids is 1. The van der Waals surface area contributed by atoms with E-state index in [1.165, 1.54) is 0 Å². The Morgan fingerprint density at radius 2 is 2.05 bits per heavy atom. The second kappa shape index (κ2) is 6.16. The molecule has 1 aromatic rings. The molecule has 0 spiro atoms. The van der Waals surface area contributed by atoms with E-state index in [-0.39, 0.29) is 18.4 Å². The number of carbonyl (C=O) groups is 2. The molecular weight excluding hydrogens is 312 g/mol. The van der Waals surface area contributed by atoms with E-state index in [1.807, 2.05) is 18.2 Å². The first-order chi connectivity index (χ1) is 9.08. The largest absolute Gasteiger partial charge is 0.480 e. The van der Waals surface area contributed by atoms with Crippen LogP contribution in [0.1, 0.15) is 12.8 Å². The number of carboxylic acids is 1. The van der Waals surface area contributed by atoms with Crippen LogP contribution in [-0.2, 0) is 9.59 Å². The molecule has 1 amide bonds. The summed E-state index contributed by atoms with van der Waals surface area (Å²) >= 11 is 3.33. The van der Waals surface area contributed by atoms with Gasteiger partial charge in [0.1, 0.15) is 6.04 Å². The van der Waals surface area contributed by atoms with E-state index in [9.17, 15) is 9.59 Å². The van der Waals surface area contributed by atoms with Gasteiger partial charge in [0.15, 0.2) is 0 Å². The van der Waals surface area contributed by atoms with Crippen molar-refractivity contribution in [2.24, 2.45) is 5.92 Å². The topological polar surface area (TPSA) is 78.4 Å². The van der Waals surface area contributed by atoms with Crippen molar-refractivity contribution in [1.82, 2.24) is 5.32 Å². The van der Waals surface area contributed by atoms with Crippen molar-refractivity contribution >= 4 is 33.5 Å². The lowest BCUT2D eigenvalue weighted by molar-refractivity contribution is -0.140. The van der Waals surface area contributed by atoms with E-state index < -0.39 is 12.0 Å². The maximum Gasteiger partial charge on any atom is 0.320 e. The molecule has 0 radical (unpaired) electrons. The lowest BCUT2D eigenvalue weighted by atomic mass is 10.2. The highest BCUT2D eigenvalue weighted by Crippen LogP contribution is 2.32. The fraction of sp³-hybridized carbons (Fsp3) is 0.385. The van der Waals surface area contributed by atoms with Gasteiger partial charge in [0.05, 0.1) is 12.2 Å². The van der Waals surface area contributed by atoms with Gasteiger partial charge in [0.2, 0.25) is 5.91 Å². The third-order valence-corrected chi connectivity index (χ3v) is 3.68. The lowest BCUT2D eigenvalue weighted by Crippen LogP contribution is -2.42. The van der Waals surface area contributed by atoms with Crippen LogP contribution >= 0.6 is 15.9 Å². The fourth-order valence-electron chi connectivity index (χ4n) is 1.84. The zero-order chi connectivity index (χ0) is 13.8. The summed E-state index contributed by atoms with van der Waals surface area (Å²) in [5, 5.41) is 14.5. The van der Waals surface area contributed by atoms with Crippen LogP contribution in [0.4, 0.5) is 5.69 Å². The van der Waals surface area contributed by atoms with Crippen molar-refractivity contribution in [2.75, 3.05) is 11.9 Å². The average Bonchev–Trinajstić information content (AvgIpc) is 3.16. The smallest absolute Gasteiger partial charge is 0.320 e. The van der Waals surface area contributed by atoms with Gasteiger partial charge < -0.3 is 10.4 Å². The van der Waals surface area contributed by atoms with Crippen LogP contribution in [0.15, 0.2) is 28.7 Å². The molecule has 5 nitrogen and oxygen atoms in total. The number of amides is 1. The summed E-state index contributed by atoms with van der Waals surface area (Å²) in [6.45, 7) is -0.00516. The van der Waals surface area contributed by atoms with Crippen LogP contribution in [0.2, 0.25) is 0 Å². The molecule has 1 atom stereocenters. The summed E-state index contributed by atoms with van der Waals surface area (Å²) in [5.41, 5.74) is 0.674. The first-order valence-corrected chi connectivity index (χ1v) is 6.88. The number of hydrogen-bond acceptors (Lipinski definition) is 3. The van der Waals surface area contributed by atoms with Gasteiger partial charge in [-0.25, -0.2) is 0 Å². The normalized spacial score (nSPS) is 15.8. The number of anilines is 1. The van der Waals surface area contributed by atoms with E-state index in [0.29, 0.717) is 5.69 Å². The minimum absolute atomic E-state index is 0.00516. The number of benzene rings is 1. The number of carboxylic acid groups (broad SMARTS) is 1. The Labute approximate surface area is 119 Å². The molecule has 0 heterocycles. The zero-order valence-electron chi connectivity index (χ0n) is 10.2. The number of nitrogens with one attached hydrogen (secondary N) is 2. The molecule has 1 aliphatic rings. The highest BCUT2D eigenvalue weighted by atomic mass is 79.9. The summed E-state index contributed by atoms with van der Waals surface area (Å²) in [4.78, 5) is 22.8. The van der Waals surface area contributed by atoms with Gasteiger partial charge in [0.25, 0.3) is 0 Å². The van der Waals surface area contributed by atoms with E-state index in [4.69, 9.17) is 5.11 Å². The van der Waals surface area contributed by atoms with Gasteiger partial charge in [0, 0.05) is 4.47 Å². The molecule has 0 aliphatic heterocycles. The maximum atomic E-state index is 11.7. The van der Waals surface area contributed by atoms with Crippen molar-refractivity contribution in [3.8, 4) is 0 Å². The molecule has 1 saturated carbocycles. The van der Waals surface area contributed by atoms with Gasteiger partial charge in [-0.05, 0) is 46.8 Å². The predicted octanol–water partition coefficient (Wildman–Crippen LogP) is 1.84. The number of carbonyl (C=O) groups excluding carboxylic acids is 1. The van der Waals surface area contributed by atoms with Crippen molar-refractivity contribution < 1.29 is 14.7 Å². The quantitative estimate of drug-likeness (QED) is 0.745. The van der Waals surface area contributed by atoms with Crippen LogP contribution in [0.3, 0.4) is 0 Å². The molecule has 102 valence electrons. The third-order valence-electron chi connectivity index (χ3n) is 2.99. The second-order valence-electron chi connectivity index (χ2n) is 4.56. The van der Waals surface area contributed by atoms with Gasteiger partial charge >= 0.3 is 5.97 Å². The third kappa shape index (κ3) is 4.04. The Kier molecular flexibility index (Phi) is 4.55. The fourth-order valence-corrected chi connectivity index (χ4v) is 2.23. The van der Waals surface area contributed by atoms with Crippen LogP contribution in [0, 0.1) is 5.92 Å². The summed E-state index contributed by atoms with van der Waals surface area (Å²) in [7, 11) is 0. The van der Waals surface area contributed by atoms with Crippen molar-refractivity contribution in [3.63, 3.8) is 0 Å². The first-order valence-electron chi connectivity index (χ1n) is 6.08. The van der Waals surface area contributed by atoms with Crippen LogP contribution in [-0.4, -0.2) is 29.6 Å². The molecule has 6 heteroatoms. The average molecular weight is 327 g/mol. The van der Waals surface area contributed by atoms with Gasteiger partial charge in [-0.3, -0.25) is 14.9 Å². The Balaban J connectivity index is 1.84. The minimum Gasteiger partial charge on any atom is -0.480 e. The number of rotatable bonds is 6. The van der Waals surface area contributed by atoms with Crippen molar-refractivity contribution in [2.45, 2.75) is 18.9 Å². The molecule has 1 aliphatic carbocycles. The lowest BCUT2D eigenvalue weighted by Gasteiger charge is -2.13. The first kappa shape index (κ1) is 14.0. The van der Waals surface area contributed by atoms with Crippen molar-refractivity contribution in [1.29, 1.82) is 0 Å². The van der Waals surface area contributed by atoms with E-state index in [1.54, 1.807) is 6.07 Å². The van der Waals surface area contributed by atoms with E-state index in [2.05, 4.69) is 26.6 Å². The summed E-state index contributed by atoms with van der Waals surface area (Å²) in [6.07, 6.45) is 1.83. The van der Waals surface area contributed by atoms with Crippen molar-refractivity contribution in [3.05, 3.63) is 28.7 Å². The maximum absolute atomic E-state index is 11.7. The number of para-hydroxylation sites is 1. The predicted molar refractivity (Wildman–Crippen MR) is 74.9 cm³/mol. The molecule has 1 aromatic carbocycles. The van der Waals surface area contributed by atoms with Crippen LogP contribution in [0.25, 0.3) is 0 Å². The van der Waals surface area contributed by atoms with Crippen LogP contribution in [0.5, 0.6) is 0 Å². The molecule has 19 heavy (non-hydrogen) atoms. The number of halogens is 1. The van der Waals surface area contributed by atoms with E-state index in [0.717, 1.165) is 17.3 Å². The molecule has 0 aromatic heterocycles. The molecule has 0 saturated heterocycles. The standard InChI is InChI=1S/C13H15BrN2O3/c14-9-3-1-2-4-10(9)16-11(17)7-15-12(13(18)19)8-5-6-8/h1-4,8,12,15H,5-7H2,(H,16,17)(H,18,19). The van der Waals surface area contributed by atoms with Crippen LogP contribution < -0.4 is 10.6 Å².